The maximum Gasteiger partial charge on any atom is 0.323 e. The molecule has 1 aliphatic carbocycles. The van der Waals surface area contributed by atoms with Crippen molar-refractivity contribution < 1.29 is 27.4 Å². The predicted molar refractivity (Wildman–Crippen MR) is 134 cm³/mol. The minimum absolute atomic E-state index is 0.0841. The van der Waals surface area contributed by atoms with Gasteiger partial charge >= 0.3 is 5.97 Å². The Morgan fingerprint density at radius 1 is 1.17 bits per heavy atom. The molecule has 196 valence electrons. The zero-order valence-electron chi connectivity index (χ0n) is 20.1. The van der Waals surface area contributed by atoms with E-state index in [2.05, 4.69) is 10.6 Å². The molecule has 3 unspecified atom stereocenters. The number of halogens is 5. The van der Waals surface area contributed by atoms with Crippen molar-refractivity contribution >= 4 is 34.9 Å². The fourth-order valence-corrected chi connectivity index (χ4v) is 6.38. The van der Waals surface area contributed by atoms with Crippen LogP contribution >= 0.6 is 23.2 Å². The van der Waals surface area contributed by atoms with Crippen molar-refractivity contribution in [2.24, 2.45) is 5.41 Å². The van der Waals surface area contributed by atoms with Gasteiger partial charge in [-0.3, -0.25) is 18.9 Å². The summed E-state index contributed by atoms with van der Waals surface area (Å²) in [6, 6.07) is 8.87. The zero-order valence-corrected chi connectivity index (χ0v) is 21.6. The van der Waals surface area contributed by atoms with Crippen LogP contribution in [-0.4, -0.2) is 51.3 Å². The van der Waals surface area contributed by atoms with Gasteiger partial charge in [-0.15, -0.1) is 0 Å². The number of hydrogen-bond acceptors (Lipinski definition) is 5. The van der Waals surface area contributed by atoms with Crippen LogP contribution in [0.15, 0.2) is 36.4 Å². The van der Waals surface area contributed by atoms with Gasteiger partial charge in [0, 0.05) is 40.6 Å². The second kappa shape index (κ2) is 10.8. The monoisotopic (exact) mass is 544 g/mol. The number of esters is 1. The van der Waals surface area contributed by atoms with Crippen LogP contribution in [-0.2, 0) is 14.3 Å². The van der Waals surface area contributed by atoms with Crippen LogP contribution < -0.4 is 10.6 Å². The molecule has 3 atom stereocenters. The lowest BCUT2D eigenvalue weighted by Gasteiger charge is -2.56. The van der Waals surface area contributed by atoms with E-state index in [1.165, 1.54) is 13.2 Å². The summed E-state index contributed by atoms with van der Waals surface area (Å²) in [5.41, 5.74) is -0.511. The van der Waals surface area contributed by atoms with Gasteiger partial charge in [-0.25, -0.2) is 4.39 Å². The van der Waals surface area contributed by atoms with Crippen LogP contribution in [0.2, 0.25) is 10.0 Å². The fourth-order valence-electron chi connectivity index (χ4n) is 6.03. The molecule has 1 spiro atoms. The summed E-state index contributed by atoms with van der Waals surface area (Å²) in [5.74, 6) is -2.56. The highest BCUT2D eigenvalue weighted by Crippen LogP contribution is 2.64. The second-order valence-electron chi connectivity index (χ2n) is 9.64. The van der Waals surface area contributed by atoms with Crippen LogP contribution in [0.4, 0.5) is 18.9 Å². The Bertz CT molecular complexity index is 1110. The first-order valence-electron chi connectivity index (χ1n) is 11.8. The van der Waals surface area contributed by atoms with Gasteiger partial charge in [-0.1, -0.05) is 41.4 Å². The van der Waals surface area contributed by atoms with Gasteiger partial charge in [-0.2, -0.15) is 0 Å². The van der Waals surface area contributed by atoms with Crippen molar-refractivity contribution in [1.82, 2.24) is 5.32 Å². The maximum atomic E-state index is 15.5. The van der Waals surface area contributed by atoms with Gasteiger partial charge < -0.3 is 14.8 Å². The summed E-state index contributed by atoms with van der Waals surface area (Å²) in [7, 11) is 1.53. The molecule has 0 aromatic heterocycles. The van der Waals surface area contributed by atoms with Crippen LogP contribution in [0.1, 0.15) is 42.7 Å². The van der Waals surface area contributed by atoms with E-state index >= 15 is 4.39 Å². The fraction of sp³-hybridized carbons (Fsp3) is 0.500. The molecule has 10 heteroatoms. The van der Waals surface area contributed by atoms with E-state index in [4.69, 9.17) is 32.7 Å². The Hall–Kier alpha value is -2.00. The third kappa shape index (κ3) is 4.69. The topological polar surface area (TPSA) is 59.6 Å². The molecule has 2 aromatic rings. The van der Waals surface area contributed by atoms with E-state index in [0.29, 0.717) is 16.3 Å². The van der Waals surface area contributed by atoms with Crippen LogP contribution in [0, 0.1) is 11.2 Å². The highest BCUT2D eigenvalue weighted by molar-refractivity contribution is 6.31. The van der Waals surface area contributed by atoms with E-state index in [0.717, 1.165) is 0 Å². The Morgan fingerprint density at radius 2 is 1.89 bits per heavy atom. The predicted octanol–water partition coefficient (Wildman–Crippen LogP) is 6.01. The van der Waals surface area contributed by atoms with Crippen molar-refractivity contribution in [3.05, 3.63) is 63.4 Å². The molecule has 1 saturated heterocycles. The first kappa shape index (κ1) is 27.0. The Balaban J connectivity index is 1.93. The Labute approximate surface area is 218 Å². The molecular formula is C26H29Cl2F3N2O3. The first-order valence-corrected chi connectivity index (χ1v) is 12.5. The SMILES string of the molecule is CCOC(=O)C1NC2(CC(CF)(CF)C2)C(c2ccc(Cl)cc2NCOC)C1c1cccc(Cl)c1F. The molecule has 1 aliphatic heterocycles. The highest BCUT2D eigenvalue weighted by atomic mass is 35.5. The number of anilines is 1. The van der Waals surface area contributed by atoms with Gasteiger partial charge in [0.05, 0.1) is 25.0 Å². The number of methoxy groups -OCH3 is 1. The van der Waals surface area contributed by atoms with Gasteiger partial charge in [-0.05, 0) is 49.1 Å². The molecule has 2 fully saturated rings. The summed E-state index contributed by atoms with van der Waals surface area (Å²) in [6.07, 6.45) is 0.247. The molecule has 0 radical (unpaired) electrons. The van der Waals surface area contributed by atoms with E-state index in [-0.39, 0.29) is 36.8 Å². The van der Waals surface area contributed by atoms with Gasteiger partial charge in [0.2, 0.25) is 0 Å². The minimum atomic E-state index is -1.17. The van der Waals surface area contributed by atoms with E-state index in [1.54, 1.807) is 37.3 Å². The normalized spacial score (nSPS) is 23.9. The number of alkyl halides is 2. The number of carbonyl (C=O) groups is 1. The molecule has 2 aromatic carbocycles. The molecule has 0 bridgehead atoms. The van der Waals surface area contributed by atoms with Crippen molar-refractivity contribution in [1.29, 1.82) is 0 Å². The second-order valence-corrected chi connectivity index (χ2v) is 10.5. The molecule has 1 heterocycles. The molecule has 0 amide bonds. The number of nitrogens with one attached hydrogen (secondary N) is 2. The van der Waals surface area contributed by atoms with Gasteiger partial charge in [0.1, 0.15) is 18.6 Å². The quantitative estimate of drug-likeness (QED) is 0.299. The Morgan fingerprint density at radius 3 is 2.53 bits per heavy atom. The number of rotatable bonds is 9. The van der Waals surface area contributed by atoms with Crippen LogP contribution in [0.5, 0.6) is 0 Å². The third-order valence-electron chi connectivity index (χ3n) is 7.34. The van der Waals surface area contributed by atoms with E-state index in [1.807, 2.05) is 0 Å². The lowest BCUT2D eigenvalue weighted by atomic mass is 9.52. The summed E-state index contributed by atoms with van der Waals surface area (Å²) >= 11 is 12.4. The number of ether oxygens (including phenoxy) is 2. The van der Waals surface area contributed by atoms with Crippen molar-refractivity contribution in [3.63, 3.8) is 0 Å². The zero-order chi connectivity index (χ0) is 26.1. The lowest BCUT2D eigenvalue weighted by Crippen LogP contribution is -2.63. The van der Waals surface area contributed by atoms with Crippen LogP contribution in [0.3, 0.4) is 0 Å². The van der Waals surface area contributed by atoms with E-state index < -0.39 is 54.0 Å². The molecule has 2 aliphatic rings. The molecule has 1 saturated carbocycles. The molecule has 2 N–H and O–H groups in total. The third-order valence-corrected chi connectivity index (χ3v) is 7.87. The van der Waals surface area contributed by atoms with Crippen molar-refractivity contribution in [3.8, 4) is 0 Å². The summed E-state index contributed by atoms with van der Waals surface area (Å²) in [5, 5.41) is 6.88. The highest BCUT2D eigenvalue weighted by Gasteiger charge is 2.67. The standard InChI is InChI=1S/C26H29Cl2F3N2O3/c1-3-36-24(34)23-20(17-5-4-6-18(28)22(17)31)21(26(33-23)10-25(11-26,12-29)13-30)16-8-7-15(27)9-19(16)32-14-35-2/h4-9,20-21,23,32-33H,3,10-14H2,1-2H3. The molecular weight excluding hydrogens is 516 g/mol. The average molecular weight is 545 g/mol. The molecule has 5 nitrogen and oxygen atoms in total. The number of benzene rings is 2. The van der Waals surface area contributed by atoms with Crippen molar-refractivity contribution in [2.45, 2.75) is 43.2 Å². The molecule has 4 rings (SSSR count). The Kier molecular flexibility index (Phi) is 8.10. The smallest absolute Gasteiger partial charge is 0.323 e. The first-order chi connectivity index (χ1) is 17.2. The molecule has 36 heavy (non-hydrogen) atoms. The minimum Gasteiger partial charge on any atom is -0.465 e. The van der Waals surface area contributed by atoms with Gasteiger partial charge in [0.15, 0.2) is 0 Å². The number of carbonyl (C=O) groups excluding carboxylic acids is 1. The summed E-state index contributed by atoms with van der Waals surface area (Å²) < 4.78 is 54.0. The average Bonchev–Trinajstić information content (AvgIpc) is 3.19. The van der Waals surface area contributed by atoms with E-state index in [9.17, 15) is 13.6 Å². The van der Waals surface area contributed by atoms with Crippen molar-refractivity contribution in [2.75, 3.05) is 39.1 Å². The largest absolute Gasteiger partial charge is 0.465 e. The summed E-state index contributed by atoms with van der Waals surface area (Å²) in [6.45, 7) is 0.295. The summed E-state index contributed by atoms with van der Waals surface area (Å²) in [4.78, 5) is 13.2. The maximum absolute atomic E-state index is 15.5. The van der Waals surface area contributed by atoms with Crippen LogP contribution in [0.25, 0.3) is 0 Å². The number of hydrogen-bond donors (Lipinski definition) is 2. The van der Waals surface area contributed by atoms with Gasteiger partial charge in [0.25, 0.3) is 0 Å². The lowest BCUT2D eigenvalue weighted by molar-refractivity contribution is -0.146.